The lowest BCUT2D eigenvalue weighted by Gasteiger charge is -2.27. The molecule has 0 aliphatic carbocycles. The molecule has 18 heavy (non-hydrogen) atoms. The van der Waals surface area contributed by atoms with E-state index >= 15 is 0 Å². The molecule has 0 rings (SSSR count). The van der Waals surface area contributed by atoms with Crippen LogP contribution in [0.4, 0.5) is 0 Å². The summed E-state index contributed by atoms with van der Waals surface area (Å²) in [5, 5.41) is 9.96. The van der Waals surface area contributed by atoms with Gasteiger partial charge in [0.1, 0.15) is 5.41 Å². The molecule has 0 aromatic carbocycles. The molecule has 0 fully saturated rings. The van der Waals surface area contributed by atoms with Crippen molar-refractivity contribution in [1.29, 1.82) is 0 Å². The highest BCUT2D eigenvalue weighted by Gasteiger charge is 2.41. The van der Waals surface area contributed by atoms with Crippen LogP contribution in [0.2, 0.25) is 0 Å². The van der Waals surface area contributed by atoms with Gasteiger partial charge in [-0.25, -0.2) is 0 Å². The van der Waals surface area contributed by atoms with Crippen molar-refractivity contribution in [3.63, 3.8) is 0 Å². The van der Waals surface area contributed by atoms with E-state index in [0.717, 1.165) is 0 Å². The third-order valence-corrected chi connectivity index (χ3v) is 3.11. The molecule has 0 radical (unpaired) electrons. The molecular formula is C14H26O4. The van der Waals surface area contributed by atoms with E-state index in [1.165, 1.54) is 0 Å². The first-order chi connectivity index (χ1) is 8.14. The van der Waals surface area contributed by atoms with Gasteiger partial charge in [-0.1, -0.05) is 20.8 Å². The predicted molar refractivity (Wildman–Crippen MR) is 70.0 cm³/mol. The number of esters is 1. The molecule has 0 saturated heterocycles. The number of rotatable bonds is 7. The smallest absolute Gasteiger partial charge is 0.319 e. The van der Waals surface area contributed by atoms with Crippen LogP contribution in [0.5, 0.6) is 0 Å². The Balaban J connectivity index is 4.76. The number of aliphatic hydroxyl groups is 1. The van der Waals surface area contributed by atoms with E-state index in [-0.39, 0.29) is 12.4 Å². The Morgan fingerprint density at radius 1 is 1.22 bits per heavy atom. The monoisotopic (exact) mass is 258 g/mol. The van der Waals surface area contributed by atoms with Crippen LogP contribution in [0.25, 0.3) is 0 Å². The van der Waals surface area contributed by atoms with Gasteiger partial charge in [-0.3, -0.25) is 9.59 Å². The zero-order valence-electron chi connectivity index (χ0n) is 12.3. The summed E-state index contributed by atoms with van der Waals surface area (Å²) in [5.41, 5.74) is -1.20. The standard InChI is InChI=1S/C14H26O4/c1-7-18-13(17)14(5,6)12(16)10(4)11(15)8-9(2)3/h9-11,15H,7-8H2,1-6H3. The summed E-state index contributed by atoms with van der Waals surface area (Å²) in [6.07, 6.45) is -0.169. The molecule has 0 aromatic rings. The predicted octanol–water partition coefficient (Wildman–Crippen LogP) is 2.19. The first-order valence-electron chi connectivity index (χ1n) is 6.54. The first kappa shape index (κ1) is 17.1. The Labute approximate surface area is 110 Å². The fourth-order valence-electron chi connectivity index (χ4n) is 1.84. The number of hydrogen-bond donors (Lipinski definition) is 1. The van der Waals surface area contributed by atoms with Gasteiger partial charge < -0.3 is 9.84 Å². The largest absolute Gasteiger partial charge is 0.465 e. The van der Waals surface area contributed by atoms with Crippen LogP contribution >= 0.6 is 0 Å². The van der Waals surface area contributed by atoms with Gasteiger partial charge in [-0.2, -0.15) is 0 Å². The highest BCUT2D eigenvalue weighted by atomic mass is 16.5. The van der Waals surface area contributed by atoms with Gasteiger partial charge in [0.2, 0.25) is 0 Å². The quantitative estimate of drug-likeness (QED) is 0.561. The molecule has 2 unspecified atom stereocenters. The van der Waals surface area contributed by atoms with E-state index in [9.17, 15) is 14.7 Å². The van der Waals surface area contributed by atoms with E-state index in [2.05, 4.69) is 0 Å². The molecule has 0 amide bonds. The topological polar surface area (TPSA) is 63.6 Å². The number of ether oxygens (including phenoxy) is 1. The molecule has 2 atom stereocenters. The van der Waals surface area contributed by atoms with Crippen molar-refractivity contribution < 1.29 is 19.4 Å². The van der Waals surface area contributed by atoms with Gasteiger partial charge >= 0.3 is 5.97 Å². The summed E-state index contributed by atoms with van der Waals surface area (Å²) < 4.78 is 4.90. The molecule has 106 valence electrons. The van der Waals surface area contributed by atoms with E-state index in [1.807, 2.05) is 13.8 Å². The lowest BCUT2D eigenvalue weighted by Crippen LogP contribution is -2.42. The van der Waals surface area contributed by atoms with Crippen molar-refractivity contribution in [2.45, 2.75) is 54.1 Å². The Morgan fingerprint density at radius 3 is 2.11 bits per heavy atom. The summed E-state index contributed by atoms with van der Waals surface area (Å²) in [5.74, 6) is -1.06. The zero-order valence-corrected chi connectivity index (χ0v) is 12.3. The van der Waals surface area contributed by atoms with Gasteiger partial charge in [-0.05, 0) is 33.1 Å². The van der Waals surface area contributed by atoms with Crippen molar-refractivity contribution in [3.8, 4) is 0 Å². The number of aliphatic hydroxyl groups excluding tert-OH is 1. The number of Topliss-reactive ketones (excluding diaryl/α,β-unsaturated/α-hetero) is 1. The molecule has 0 aromatic heterocycles. The molecule has 0 saturated carbocycles. The van der Waals surface area contributed by atoms with Crippen LogP contribution in [0.3, 0.4) is 0 Å². The average Bonchev–Trinajstić information content (AvgIpc) is 2.26. The fraction of sp³-hybridized carbons (Fsp3) is 0.857. The van der Waals surface area contributed by atoms with Crippen molar-refractivity contribution in [3.05, 3.63) is 0 Å². The van der Waals surface area contributed by atoms with E-state index < -0.39 is 23.4 Å². The summed E-state index contributed by atoms with van der Waals surface area (Å²) in [7, 11) is 0. The molecule has 0 bridgehead atoms. The third-order valence-electron chi connectivity index (χ3n) is 3.11. The van der Waals surface area contributed by atoms with Crippen LogP contribution in [0.15, 0.2) is 0 Å². The molecule has 0 aliphatic rings. The summed E-state index contributed by atoms with van der Waals surface area (Å²) in [6, 6.07) is 0. The Bertz CT molecular complexity index is 294. The minimum atomic E-state index is -1.20. The number of carbonyl (C=O) groups is 2. The fourth-order valence-corrected chi connectivity index (χ4v) is 1.84. The molecule has 0 aliphatic heterocycles. The SMILES string of the molecule is CCOC(=O)C(C)(C)C(=O)C(C)C(O)CC(C)C. The van der Waals surface area contributed by atoms with Gasteiger partial charge in [0.15, 0.2) is 5.78 Å². The van der Waals surface area contributed by atoms with Crippen LogP contribution in [0, 0.1) is 17.3 Å². The lowest BCUT2D eigenvalue weighted by molar-refractivity contribution is -0.160. The minimum absolute atomic E-state index is 0.248. The first-order valence-corrected chi connectivity index (χ1v) is 6.54. The average molecular weight is 258 g/mol. The summed E-state index contributed by atoms with van der Waals surface area (Å²) in [4.78, 5) is 24.0. The maximum atomic E-state index is 12.2. The third kappa shape index (κ3) is 4.41. The summed E-state index contributed by atoms with van der Waals surface area (Å²) in [6.45, 7) is 10.7. The Morgan fingerprint density at radius 2 is 1.72 bits per heavy atom. The number of hydrogen-bond acceptors (Lipinski definition) is 4. The van der Waals surface area contributed by atoms with Crippen LogP contribution in [-0.4, -0.2) is 29.6 Å². The number of ketones is 1. The highest BCUT2D eigenvalue weighted by Crippen LogP contribution is 2.26. The molecule has 0 heterocycles. The van der Waals surface area contributed by atoms with E-state index in [0.29, 0.717) is 12.3 Å². The summed E-state index contributed by atoms with van der Waals surface area (Å²) >= 11 is 0. The Hall–Kier alpha value is -0.900. The van der Waals surface area contributed by atoms with Gasteiger partial charge in [-0.15, -0.1) is 0 Å². The van der Waals surface area contributed by atoms with Gasteiger partial charge in [0.05, 0.1) is 12.7 Å². The maximum Gasteiger partial charge on any atom is 0.319 e. The molecule has 1 N–H and O–H groups in total. The zero-order chi connectivity index (χ0) is 14.5. The highest BCUT2D eigenvalue weighted by molar-refractivity contribution is 6.04. The molecule has 0 spiro atoms. The van der Waals surface area contributed by atoms with E-state index in [4.69, 9.17) is 4.74 Å². The van der Waals surface area contributed by atoms with Crippen molar-refractivity contribution in [2.24, 2.45) is 17.3 Å². The second-order valence-corrected chi connectivity index (χ2v) is 5.70. The molecular weight excluding hydrogens is 232 g/mol. The minimum Gasteiger partial charge on any atom is -0.465 e. The number of carbonyl (C=O) groups excluding carboxylic acids is 2. The van der Waals surface area contributed by atoms with Crippen molar-refractivity contribution in [2.75, 3.05) is 6.61 Å². The van der Waals surface area contributed by atoms with Crippen molar-refractivity contribution >= 4 is 11.8 Å². The molecule has 4 heteroatoms. The van der Waals surface area contributed by atoms with Crippen LogP contribution < -0.4 is 0 Å². The normalized spacial score (nSPS) is 15.3. The molecule has 4 nitrogen and oxygen atoms in total. The van der Waals surface area contributed by atoms with Crippen LogP contribution in [-0.2, 0) is 14.3 Å². The van der Waals surface area contributed by atoms with Crippen LogP contribution in [0.1, 0.15) is 48.0 Å². The lowest BCUT2D eigenvalue weighted by atomic mass is 9.78. The maximum absolute atomic E-state index is 12.2. The van der Waals surface area contributed by atoms with Gasteiger partial charge in [0.25, 0.3) is 0 Å². The van der Waals surface area contributed by atoms with Crippen molar-refractivity contribution in [1.82, 2.24) is 0 Å². The second-order valence-electron chi connectivity index (χ2n) is 5.70. The Kier molecular flexibility index (Phi) is 6.54. The van der Waals surface area contributed by atoms with Gasteiger partial charge in [0, 0.05) is 5.92 Å². The second kappa shape index (κ2) is 6.88. The van der Waals surface area contributed by atoms with E-state index in [1.54, 1.807) is 27.7 Å².